The van der Waals surface area contributed by atoms with E-state index in [1.54, 1.807) is 0 Å². The summed E-state index contributed by atoms with van der Waals surface area (Å²) in [6.07, 6.45) is 0.956. The van der Waals surface area contributed by atoms with Crippen molar-refractivity contribution in [3.63, 3.8) is 0 Å². The van der Waals surface area contributed by atoms with Crippen LogP contribution in [0, 0.1) is 11.8 Å². The predicted molar refractivity (Wildman–Crippen MR) is 54.2 cm³/mol. The minimum absolute atomic E-state index is 0.286. The normalized spacial score (nSPS) is 14.2. The maximum Gasteiger partial charge on any atom is 0.254 e. The van der Waals surface area contributed by atoms with Gasteiger partial charge in [-0.2, -0.15) is 4.39 Å². The van der Waals surface area contributed by atoms with Gasteiger partial charge in [-0.05, 0) is 13.0 Å². The molecule has 17 heavy (non-hydrogen) atoms. The first-order valence-electron chi connectivity index (χ1n) is 4.79. The van der Waals surface area contributed by atoms with Gasteiger partial charge in [0.05, 0.1) is 12.2 Å². The van der Waals surface area contributed by atoms with Crippen LogP contribution in [0.2, 0.25) is 0 Å². The molecule has 0 aliphatic carbocycles. The van der Waals surface area contributed by atoms with Crippen LogP contribution in [0.15, 0.2) is 12.3 Å². The molecule has 3 N–H and O–H groups in total. The molecule has 1 unspecified atom stereocenters. The van der Waals surface area contributed by atoms with Gasteiger partial charge in [0.2, 0.25) is 5.95 Å². The van der Waals surface area contributed by atoms with Crippen molar-refractivity contribution in [2.24, 2.45) is 0 Å². The van der Waals surface area contributed by atoms with E-state index in [0.29, 0.717) is 0 Å². The summed E-state index contributed by atoms with van der Waals surface area (Å²) in [7, 11) is 0. The zero-order valence-corrected chi connectivity index (χ0v) is 9.07. The van der Waals surface area contributed by atoms with Gasteiger partial charge < -0.3 is 15.5 Å². The third-order valence-corrected chi connectivity index (χ3v) is 2.06. The molecule has 1 atom stereocenters. The fourth-order valence-electron chi connectivity index (χ4n) is 1.02. The Morgan fingerprint density at radius 1 is 1.59 bits per heavy atom. The van der Waals surface area contributed by atoms with Crippen LogP contribution in [0.4, 0.5) is 8.78 Å². The molecule has 0 aliphatic heterocycles. The Morgan fingerprint density at radius 2 is 2.24 bits per heavy atom. The number of aromatic nitrogens is 1. The largest absolute Gasteiger partial charge is 0.393 e. The lowest BCUT2D eigenvalue weighted by atomic mass is 10.1. The molecule has 1 aromatic rings. The van der Waals surface area contributed by atoms with Crippen molar-refractivity contribution in [1.82, 2.24) is 10.3 Å². The van der Waals surface area contributed by atoms with E-state index in [9.17, 15) is 18.7 Å². The number of aliphatic hydroxyl groups is 2. The highest BCUT2D eigenvalue weighted by Crippen LogP contribution is 2.09. The van der Waals surface area contributed by atoms with E-state index in [-0.39, 0.29) is 6.54 Å². The Balaban J connectivity index is 2.74. The van der Waals surface area contributed by atoms with Gasteiger partial charge in [-0.3, -0.25) is 4.79 Å². The fraction of sp³-hybridized carbons (Fsp3) is 0.400. The Labute approximate surface area is 96.1 Å². The smallest absolute Gasteiger partial charge is 0.254 e. The van der Waals surface area contributed by atoms with Crippen molar-refractivity contribution in [2.45, 2.75) is 12.5 Å². The maximum atomic E-state index is 13.1. The molecule has 0 saturated heterocycles. The quantitative estimate of drug-likeness (QED) is 0.644. The van der Waals surface area contributed by atoms with Gasteiger partial charge in [0.15, 0.2) is 5.82 Å². The fourth-order valence-corrected chi connectivity index (χ4v) is 1.02. The summed E-state index contributed by atoms with van der Waals surface area (Å²) in [4.78, 5) is 14.5. The number of nitrogens with zero attached hydrogens (tertiary/aromatic N) is 1. The number of aliphatic hydroxyl groups excluding tert-OH is 1. The SMILES string of the molecule is CC(O)(CO)CNC(=O)c1ccnc(F)c1F. The maximum absolute atomic E-state index is 13.1. The molecule has 1 amide bonds. The van der Waals surface area contributed by atoms with E-state index in [4.69, 9.17) is 5.11 Å². The van der Waals surface area contributed by atoms with Crippen molar-refractivity contribution >= 4 is 5.91 Å². The van der Waals surface area contributed by atoms with Gasteiger partial charge in [-0.1, -0.05) is 0 Å². The first-order chi connectivity index (χ1) is 7.87. The van der Waals surface area contributed by atoms with E-state index in [1.807, 2.05) is 0 Å². The van der Waals surface area contributed by atoms with Crippen molar-refractivity contribution in [3.8, 4) is 0 Å². The summed E-state index contributed by atoms with van der Waals surface area (Å²) in [5.41, 5.74) is -2.02. The standard InChI is InChI=1S/C10H12F2N2O3/c1-10(17,5-15)4-14-9(16)6-2-3-13-8(12)7(6)11/h2-3,15,17H,4-5H2,1H3,(H,14,16). The van der Waals surface area contributed by atoms with Crippen LogP contribution < -0.4 is 5.32 Å². The molecule has 1 aromatic heterocycles. The number of hydrogen-bond acceptors (Lipinski definition) is 4. The summed E-state index contributed by atoms with van der Waals surface area (Å²) in [6.45, 7) is 0.433. The van der Waals surface area contributed by atoms with E-state index >= 15 is 0 Å². The lowest BCUT2D eigenvalue weighted by Gasteiger charge is -2.20. The van der Waals surface area contributed by atoms with Gasteiger partial charge in [-0.25, -0.2) is 9.37 Å². The van der Waals surface area contributed by atoms with Crippen LogP contribution in [-0.2, 0) is 0 Å². The third-order valence-electron chi connectivity index (χ3n) is 2.06. The third kappa shape index (κ3) is 3.43. The van der Waals surface area contributed by atoms with Crippen LogP contribution in [0.3, 0.4) is 0 Å². The number of amides is 1. The van der Waals surface area contributed by atoms with Gasteiger partial charge in [-0.15, -0.1) is 0 Å². The molecule has 1 rings (SSSR count). The summed E-state index contributed by atoms with van der Waals surface area (Å²) in [5.74, 6) is -3.61. The Hall–Kier alpha value is -1.60. The van der Waals surface area contributed by atoms with E-state index in [1.165, 1.54) is 6.92 Å². The van der Waals surface area contributed by atoms with E-state index in [2.05, 4.69) is 10.3 Å². The monoisotopic (exact) mass is 246 g/mol. The second-order valence-electron chi connectivity index (χ2n) is 3.80. The van der Waals surface area contributed by atoms with Crippen molar-refractivity contribution < 1.29 is 23.8 Å². The van der Waals surface area contributed by atoms with Gasteiger partial charge >= 0.3 is 0 Å². The highest BCUT2D eigenvalue weighted by Gasteiger charge is 2.22. The molecule has 7 heteroatoms. The summed E-state index contributed by atoms with van der Waals surface area (Å²) in [5, 5.41) is 20.3. The van der Waals surface area contributed by atoms with Crippen LogP contribution in [0.25, 0.3) is 0 Å². The number of pyridine rings is 1. The second kappa shape index (κ2) is 5.15. The van der Waals surface area contributed by atoms with Crippen LogP contribution in [0.5, 0.6) is 0 Å². The Bertz CT molecular complexity index is 424. The molecule has 0 aliphatic rings. The van der Waals surface area contributed by atoms with Crippen molar-refractivity contribution in [2.75, 3.05) is 13.2 Å². The molecule has 0 radical (unpaired) electrons. The molecule has 94 valence electrons. The molecular formula is C10H12F2N2O3. The van der Waals surface area contributed by atoms with Crippen LogP contribution >= 0.6 is 0 Å². The van der Waals surface area contributed by atoms with Crippen molar-refractivity contribution in [3.05, 3.63) is 29.6 Å². The molecule has 5 nitrogen and oxygen atoms in total. The van der Waals surface area contributed by atoms with Gasteiger partial charge in [0, 0.05) is 12.7 Å². The number of carbonyl (C=O) groups is 1. The molecular weight excluding hydrogens is 234 g/mol. The van der Waals surface area contributed by atoms with Crippen LogP contribution in [-0.4, -0.2) is 39.9 Å². The first kappa shape index (κ1) is 13.5. The average molecular weight is 246 g/mol. The number of nitrogens with one attached hydrogen (secondary N) is 1. The highest BCUT2D eigenvalue weighted by atomic mass is 19.2. The summed E-state index contributed by atoms with van der Waals surface area (Å²) >= 11 is 0. The first-order valence-corrected chi connectivity index (χ1v) is 4.79. The van der Waals surface area contributed by atoms with Gasteiger partial charge in [0.25, 0.3) is 5.91 Å². The zero-order chi connectivity index (χ0) is 13.1. The van der Waals surface area contributed by atoms with E-state index < -0.39 is 35.4 Å². The lowest BCUT2D eigenvalue weighted by molar-refractivity contribution is 0.00316. The predicted octanol–water partition coefficient (Wildman–Crippen LogP) is -0.167. The Kier molecular flexibility index (Phi) is 4.08. The molecule has 1 heterocycles. The minimum Gasteiger partial charge on any atom is -0.393 e. The molecule has 0 spiro atoms. The second-order valence-corrected chi connectivity index (χ2v) is 3.80. The molecule has 0 saturated carbocycles. The average Bonchev–Trinajstić information content (AvgIpc) is 2.30. The molecule has 0 aromatic carbocycles. The van der Waals surface area contributed by atoms with Crippen LogP contribution in [0.1, 0.15) is 17.3 Å². The Morgan fingerprint density at radius 3 is 2.82 bits per heavy atom. The summed E-state index contributed by atoms with van der Waals surface area (Å²) < 4.78 is 25.9. The lowest BCUT2D eigenvalue weighted by Crippen LogP contribution is -2.43. The van der Waals surface area contributed by atoms with E-state index in [0.717, 1.165) is 12.3 Å². The topological polar surface area (TPSA) is 82.5 Å². The van der Waals surface area contributed by atoms with Gasteiger partial charge in [0.1, 0.15) is 5.60 Å². The number of rotatable bonds is 4. The minimum atomic E-state index is -1.52. The number of hydrogen-bond donors (Lipinski definition) is 3. The van der Waals surface area contributed by atoms with Crippen molar-refractivity contribution in [1.29, 1.82) is 0 Å². The zero-order valence-electron chi connectivity index (χ0n) is 9.07. The summed E-state index contributed by atoms with van der Waals surface area (Å²) in [6, 6.07) is 1.02. The highest BCUT2D eigenvalue weighted by molar-refractivity contribution is 5.94. The molecule has 0 fully saturated rings. The molecule has 0 bridgehead atoms. The number of carbonyl (C=O) groups excluding carboxylic acids is 1. The number of halogens is 2.